The summed E-state index contributed by atoms with van der Waals surface area (Å²) in [5.74, 6) is 0. The maximum absolute atomic E-state index is 6.61. The Hall–Kier alpha value is -19.9. The quantitative estimate of drug-likeness (QED) is 0.120. The zero-order chi connectivity index (χ0) is 98.5. The number of fused-ring (bicyclic) bond motifs is 24. The zero-order valence-electron chi connectivity index (χ0n) is 81.1. The molecule has 0 saturated carbocycles. The van der Waals surface area contributed by atoms with Crippen molar-refractivity contribution >= 4 is 196 Å². The number of furan rings is 6. The standard InChI is InChI=1S/2C50H30O2.C44H26O2/c1-2-13-31(14-3-1)32-15-8-16-33(29-32)48-38-21-9-19-34(40-23-11-25-42-36-17-4-6-27-46(36)51-49(40)42)44(38)30-45-35(20-10-22-39(45)48)41-24-12-26-43-37-18-5-7-28-47(37)52-50(41)43;1-2-11-31(12-3-1)32-13-8-14-35(27-32)50-42-19-9-17-36(33-23-25-40-38-15-4-6-21-46(38)51-48(40)28-33)44(42)30-45-37(18-10-20-43(45)50)34-24-26-41-39-16-5-7-22-47(39)52-49(41)29-34;1-2-12-27(13-3-1)42-32-18-8-16-28(30-20-10-24-40-43(30)34-14-4-6-22-38(34)45-40)36(32)26-37-29(17-9-19-33(37)42)31-21-11-25-41-44(31)35-15-5-7-23-39(35)46-41/h2*1-30H;1-26H. The molecule has 0 spiro atoms. The van der Waals surface area contributed by atoms with Crippen molar-refractivity contribution in [2.24, 2.45) is 0 Å². The fraction of sp³-hybridized carbons (Fsp3) is 0. The summed E-state index contributed by atoms with van der Waals surface area (Å²) in [6, 6.07) is 186. The minimum absolute atomic E-state index is 0.895. The topological polar surface area (TPSA) is 78.8 Å². The maximum Gasteiger partial charge on any atom is 0.143 e. The van der Waals surface area contributed by atoms with Crippen LogP contribution >= 0.6 is 0 Å². The van der Waals surface area contributed by atoms with Gasteiger partial charge in [0.1, 0.15) is 67.0 Å². The van der Waals surface area contributed by atoms with E-state index >= 15 is 0 Å². The Kier molecular flexibility index (Phi) is 20.0. The number of rotatable bonds is 11. The fourth-order valence-electron chi connectivity index (χ4n) is 24.2. The molecule has 0 aliphatic heterocycles. The van der Waals surface area contributed by atoms with Crippen LogP contribution in [-0.2, 0) is 0 Å². The lowest BCUT2D eigenvalue weighted by atomic mass is 9.85. The van der Waals surface area contributed by atoms with Gasteiger partial charge >= 0.3 is 0 Å². The summed E-state index contributed by atoms with van der Waals surface area (Å²) in [6.45, 7) is 0. The van der Waals surface area contributed by atoms with Crippen LogP contribution in [0.3, 0.4) is 0 Å². The van der Waals surface area contributed by atoms with Gasteiger partial charge in [0.05, 0.1) is 0 Å². The molecule has 26 aromatic carbocycles. The molecule has 0 radical (unpaired) electrons. The molecule has 0 N–H and O–H groups in total. The summed E-state index contributed by atoms with van der Waals surface area (Å²) in [5, 5.41) is 28.0. The zero-order valence-corrected chi connectivity index (χ0v) is 81.1. The third kappa shape index (κ3) is 14.0. The Balaban J connectivity index is 0.000000104. The molecule has 32 rings (SSSR count). The van der Waals surface area contributed by atoms with Crippen molar-refractivity contribution in [3.8, 4) is 122 Å². The van der Waals surface area contributed by atoms with Crippen molar-refractivity contribution in [3.05, 3.63) is 522 Å². The van der Waals surface area contributed by atoms with Crippen molar-refractivity contribution in [3.63, 3.8) is 0 Å². The summed E-state index contributed by atoms with van der Waals surface area (Å²) in [7, 11) is 0. The van der Waals surface area contributed by atoms with Crippen LogP contribution in [0.2, 0.25) is 0 Å². The van der Waals surface area contributed by atoms with E-state index in [4.69, 9.17) is 26.5 Å². The van der Waals surface area contributed by atoms with Crippen LogP contribution in [0.5, 0.6) is 0 Å². The van der Waals surface area contributed by atoms with E-state index in [0.717, 1.165) is 165 Å². The van der Waals surface area contributed by atoms with Crippen molar-refractivity contribution < 1.29 is 26.5 Å². The van der Waals surface area contributed by atoms with Crippen molar-refractivity contribution in [2.75, 3.05) is 0 Å². The Labute approximate surface area is 860 Å². The van der Waals surface area contributed by atoms with Crippen LogP contribution in [0.1, 0.15) is 0 Å². The van der Waals surface area contributed by atoms with Crippen LogP contribution in [0.4, 0.5) is 0 Å². The lowest BCUT2D eigenvalue weighted by molar-refractivity contribution is 0.668. The average molecular weight is 1910 g/mol. The second kappa shape index (κ2) is 35.0. The molecule has 0 fully saturated rings. The first-order valence-corrected chi connectivity index (χ1v) is 51.2. The summed E-state index contributed by atoms with van der Waals surface area (Å²) >= 11 is 0. The number of para-hydroxylation sites is 8. The first-order chi connectivity index (χ1) is 74.4. The number of hydrogen-bond donors (Lipinski definition) is 0. The average Bonchev–Trinajstić information content (AvgIpc) is 1.54. The monoisotopic (exact) mass is 1910 g/mol. The first-order valence-electron chi connectivity index (χ1n) is 51.2. The molecule has 6 heterocycles. The third-order valence-corrected chi connectivity index (χ3v) is 30.9. The summed E-state index contributed by atoms with van der Waals surface area (Å²) in [6.07, 6.45) is 0. The van der Waals surface area contributed by atoms with Crippen LogP contribution < -0.4 is 0 Å². The fourth-order valence-corrected chi connectivity index (χ4v) is 24.2. The second-order valence-corrected chi connectivity index (χ2v) is 39.2. The smallest absolute Gasteiger partial charge is 0.143 e. The molecule has 32 aromatic rings. The van der Waals surface area contributed by atoms with Gasteiger partial charge in [-0.2, -0.15) is 0 Å². The van der Waals surface area contributed by atoms with E-state index in [9.17, 15) is 0 Å². The van der Waals surface area contributed by atoms with Crippen LogP contribution in [0, 0.1) is 0 Å². The Bertz CT molecular complexity index is 10600. The molecule has 6 heteroatoms. The summed E-state index contributed by atoms with van der Waals surface area (Å²) in [4.78, 5) is 0. The molecule has 0 saturated heterocycles. The molecule has 150 heavy (non-hydrogen) atoms. The molecule has 6 aromatic heterocycles. The highest BCUT2D eigenvalue weighted by molar-refractivity contribution is 6.28. The van der Waals surface area contributed by atoms with E-state index in [0.29, 0.717) is 0 Å². The second-order valence-electron chi connectivity index (χ2n) is 39.2. The molecule has 6 nitrogen and oxygen atoms in total. The van der Waals surface area contributed by atoms with E-state index in [1.54, 1.807) is 0 Å². The Morgan fingerprint density at radius 1 is 0.0933 bits per heavy atom. The predicted molar refractivity (Wildman–Crippen MR) is 628 cm³/mol. The van der Waals surface area contributed by atoms with Crippen LogP contribution in [-0.4, -0.2) is 0 Å². The molecule has 0 atom stereocenters. The highest BCUT2D eigenvalue weighted by atomic mass is 16.3. The third-order valence-electron chi connectivity index (χ3n) is 30.9. The first kappa shape index (κ1) is 85.6. The molecule has 0 unspecified atom stereocenters. The minimum atomic E-state index is 0.895. The van der Waals surface area contributed by atoms with Gasteiger partial charge in [-0.25, -0.2) is 0 Å². The number of benzene rings is 26. The highest BCUT2D eigenvalue weighted by Gasteiger charge is 2.27. The van der Waals surface area contributed by atoms with Crippen molar-refractivity contribution in [1.82, 2.24) is 0 Å². The van der Waals surface area contributed by atoms with Gasteiger partial charge in [-0.05, 0) is 279 Å². The minimum Gasteiger partial charge on any atom is -0.456 e. The highest BCUT2D eigenvalue weighted by Crippen LogP contribution is 2.53. The van der Waals surface area contributed by atoms with Crippen molar-refractivity contribution in [1.29, 1.82) is 0 Å². The van der Waals surface area contributed by atoms with E-state index < -0.39 is 0 Å². The summed E-state index contributed by atoms with van der Waals surface area (Å²) < 4.78 is 38.6. The van der Waals surface area contributed by atoms with Gasteiger partial charge < -0.3 is 26.5 Å². The van der Waals surface area contributed by atoms with Crippen LogP contribution in [0.25, 0.3) is 319 Å². The predicted octanol–water partition coefficient (Wildman–Crippen LogP) is 41.7. The van der Waals surface area contributed by atoms with Gasteiger partial charge in [0.2, 0.25) is 0 Å². The number of hydrogen-bond acceptors (Lipinski definition) is 6. The molecular formula is C144H86O6. The van der Waals surface area contributed by atoms with E-state index in [1.165, 1.54) is 154 Å². The maximum atomic E-state index is 6.61. The SMILES string of the molecule is c1ccc(-c2c3cccc(-c4cccc5oc6ccccc6c45)c3cc3c(-c4cccc5oc6ccccc6c45)cccc23)cc1.c1ccc(-c2cccc(-c3c4cccc(-c5ccc6c(c5)oc5ccccc56)c4cc4c(-c5ccc6c(c5)oc5ccccc56)cccc34)c2)cc1.c1ccc(-c2cccc(-c3c4cccc(-c5cccc6c5oc5ccccc56)c4cc4c(-c5cccc6c5oc5ccccc56)cccc34)c2)cc1. The molecule has 0 aliphatic rings. The molecule has 0 aliphatic carbocycles. The Morgan fingerprint density at radius 3 is 0.693 bits per heavy atom. The molecule has 0 amide bonds. The van der Waals surface area contributed by atoms with E-state index in [-0.39, 0.29) is 0 Å². The molecular weight excluding hydrogens is 1830 g/mol. The van der Waals surface area contributed by atoms with Gasteiger partial charge in [0.25, 0.3) is 0 Å². The van der Waals surface area contributed by atoms with Gasteiger partial charge in [0, 0.05) is 75.8 Å². The van der Waals surface area contributed by atoms with Crippen molar-refractivity contribution in [2.45, 2.75) is 0 Å². The summed E-state index contributed by atoms with van der Waals surface area (Å²) in [5.41, 5.74) is 36.6. The normalized spacial score (nSPS) is 11.9. The van der Waals surface area contributed by atoms with E-state index in [2.05, 4.69) is 473 Å². The lowest BCUT2D eigenvalue weighted by Gasteiger charge is -2.18. The van der Waals surface area contributed by atoms with Gasteiger partial charge in [0.15, 0.2) is 0 Å². The van der Waals surface area contributed by atoms with Gasteiger partial charge in [-0.15, -0.1) is 0 Å². The van der Waals surface area contributed by atoms with Crippen LogP contribution in [0.15, 0.2) is 548 Å². The molecule has 698 valence electrons. The molecule has 0 bridgehead atoms. The van der Waals surface area contributed by atoms with E-state index in [1.807, 2.05) is 48.5 Å². The lowest BCUT2D eigenvalue weighted by Crippen LogP contribution is -1.91. The Morgan fingerprint density at radius 2 is 0.320 bits per heavy atom. The van der Waals surface area contributed by atoms with Gasteiger partial charge in [-0.1, -0.05) is 419 Å². The van der Waals surface area contributed by atoms with Gasteiger partial charge in [-0.3, -0.25) is 0 Å². The largest absolute Gasteiger partial charge is 0.456 e.